The molecule has 0 spiro atoms. The third-order valence-corrected chi connectivity index (χ3v) is 6.78. The molecule has 8 nitrogen and oxygen atoms in total. The molecule has 0 saturated heterocycles. The van der Waals surface area contributed by atoms with E-state index in [1.165, 1.54) is 14.2 Å². The van der Waals surface area contributed by atoms with Crippen LogP contribution < -0.4 is 10.4 Å². The van der Waals surface area contributed by atoms with E-state index in [9.17, 15) is 14.2 Å². The van der Waals surface area contributed by atoms with Crippen molar-refractivity contribution in [2.75, 3.05) is 14.2 Å². The van der Waals surface area contributed by atoms with Crippen LogP contribution in [-0.4, -0.2) is 38.1 Å². The predicted molar refractivity (Wildman–Crippen MR) is 116 cm³/mol. The SMILES string of the molecule is COC(=O)[C@@H](CC(C)C)NP(=O)(OC)C(CC(C)C)NC(=O)OCc1ccccc1. The Labute approximate surface area is 179 Å². The fourth-order valence-corrected chi connectivity index (χ4v) is 5.09. The molecular weight excluding hydrogens is 407 g/mol. The van der Waals surface area contributed by atoms with Gasteiger partial charge < -0.3 is 19.3 Å². The highest BCUT2D eigenvalue weighted by atomic mass is 31.2. The van der Waals surface area contributed by atoms with E-state index in [1.807, 2.05) is 58.0 Å². The molecule has 2 N–H and O–H groups in total. The van der Waals surface area contributed by atoms with Gasteiger partial charge in [0.05, 0.1) is 7.11 Å². The Hall–Kier alpha value is -1.89. The molecule has 30 heavy (non-hydrogen) atoms. The molecule has 170 valence electrons. The molecule has 1 aromatic rings. The number of alkyl carbamates (subject to hydrolysis) is 1. The van der Waals surface area contributed by atoms with Crippen molar-refractivity contribution in [2.45, 2.75) is 59.0 Å². The van der Waals surface area contributed by atoms with Crippen molar-refractivity contribution < 1.29 is 28.2 Å². The van der Waals surface area contributed by atoms with Gasteiger partial charge in [0.1, 0.15) is 18.4 Å². The average molecular weight is 442 g/mol. The van der Waals surface area contributed by atoms with Crippen LogP contribution in [0.15, 0.2) is 30.3 Å². The van der Waals surface area contributed by atoms with Crippen LogP contribution in [0.3, 0.4) is 0 Å². The number of hydrogen-bond acceptors (Lipinski definition) is 6. The van der Waals surface area contributed by atoms with E-state index in [4.69, 9.17) is 14.0 Å². The Bertz CT molecular complexity index is 711. The van der Waals surface area contributed by atoms with Crippen LogP contribution in [0.2, 0.25) is 0 Å². The van der Waals surface area contributed by atoms with Gasteiger partial charge in [-0.3, -0.25) is 9.36 Å². The van der Waals surface area contributed by atoms with E-state index in [1.54, 1.807) is 0 Å². The molecule has 0 heterocycles. The molecule has 9 heteroatoms. The highest BCUT2D eigenvalue weighted by molar-refractivity contribution is 7.57. The maximum Gasteiger partial charge on any atom is 0.408 e. The third kappa shape index (κ3) is 8.86. The highest BCUT2D eigenvalue weighted by Crippen LogP contribution is 2.49. The number of rotatable bonds is 12. The van der Waals surface area contributed by atoms with E-state index >= 15 is 0 Å². The number of benzene rings is 1. The van der Waals surface area contributed by atoms with Crippen molar-refractivity contribution in [1.29, 1.82) is 0 Å². The van der Waals surface area contributed by atoms with Gasteiger partial charge in [-0.05, 0) is 30.2 Å². The lowest BCUT2D eigenvalue weighted by Gasteiger charge is -2.31. The van der Waals surface area contributed by atoms with Gasteiger partial charge in [0, 0.05) is 7.11 Å². The molecule has 0 fully saturated rings. The van der Waals surface area contributed by atoms with E-state index in [-0.39, 0.29) is 18.4 Å². The summed E-state index contributed by atoms with van der Waals surface area (Å²) in [7, 11) is -1.08. The number of methoxy groups -OCH3 is 1. The molecule has 3 atom stereocenters. The molecule has 0 saturated carbocycles. The van der Waals surface area contributed by atoms with Gasteiger partial charge in [0.2, 0.25) is 0 Å². The van der Waals surface area contributed by atoms with Crippen molar-refractivity contribution in [3.63, 3.8) is 0 Å². The van der Waals surface area contributed by atoms with E-state index in [0.29, 0.717) is 12.8 Å². The number of nitrogens with one attached hydrogen (secondary N) is 2. The van der Waals surface area contributed by atoms with Crippen LogP contribution in [0, 0.1) is 11.8 Å². The third-order valence-electron chi connectivity index (χ3n) is 4.40. The molecule has 0 aliphatic heterocycles. The molecule has 1 rings (SSSR count). The minimum atomic E-state index is -3.66. The van der Waals surface area contributed by atoms with Crippen LogP contribution in [0.25, 0.3) is 0 Å². The topological polar surface area (TPSA) is 103 Å². The molecule has 0 aromatic heterocycles. The number of ether oxygens (including phenoxy) is 2. The second-order valence-electron chi connectivity index (χ2n) is 7.97. The summed E-state index contributed by atoms with van der Waals surface area (Å²) < 4.78 is 29.1. The average Bonchev–Trinajstić information content (AvgIpc) is 2.70. The zero-order valence-electron chi connectivity index (χ0n) is 18.7. The van der Waals surface area contributed by atoms with E-state index < -0.39 is 31.4 Å². The van der Waals surface area contributed by atoms with E-state index in [2.05, 4.69) is 10.4 Å². The molecule has 0 aliphatic carbocycles. The zero-order valence-corrected chi connectivity index (χ0v) is 19.6. The summed E-state index contributed by atoms with van der Waals surface area (Å²) in [5, 5.41) is 5.50. The molecule has 0 radical (unpaired) electrons. The summed E-state index contributed by atoms with van der Waals surface area (Å²) in [4.78, 5) is 24.6. The molecule has 1 aromatic carbocycles. The lowest BCUT2D eigenvalue weighted by atomic mass is 10.1. The number of amides is 1. The largest absolute Gasteiger partial charge is 0.468 e. The van der Waals surface area contributed by atoms with Gasteiger partial charge in [-0.1, -0.05) is 58.0 Å². The van der Waals surface area contributed by atoms with Crippen molar-refractivity contribution in [3.8, 4) is 0 Å². The highest BCUT2D eigenvalue weighted by Gasteiger charge is 2.39. The van der Waals surface area contributed by atoms with Crippen LogP contribution in [0.4, 0.5) is 4.79 Å². The Morgan fingerprint density at radius 2 is 1.60 bits per heavy atom. The number of carbonyl (C=O) groups is 2. The lowest BCUT2D eigenvalue weighted by Crippen LogP contribution is -2.44. The minimum absolute atomic E-state index is 0.0872. The number of carbonyl (C=O) groups excluding carboxylic acids is 2. The Balaban J connectivity index is 2.95. The molecule has 0 bridgehead atoms. The summed E-state index contributed by atoms with van der Waals surface area (Å²) in [6.07, 6.45) is 0.0723. The van der Waals surface area contributed by atoms with Crippen molar-refractivity contribution in [2.24, 2.45) is 11.8 Å². The molecule has 2 unspecified atom stereocenters. The quantitative estimate of drug-likeness (QED) is 0.367. The normalized spacial score (nSPS) is 15.3. The van der Waals surface area contributed by atoms with Gasteiger partial charge in [-0.2, -0.15) is 0 Å². The first-order valence-corrected chi connectivity index (χ1v) is 11.8. The van der Waals surface area contributed by atoms with Crippen LogP contribution in [-0.2, 0) is 30.0 Å². The van der Waals surface area contributed by atoms with Gasteiger partial charge in [0.25, 0.3) is 7.52 Å². The maximum absolute atomic E-state index is 13.6. The first-order chi connectivity index (χ1) is 14.1. The van der Waals surface area contributed by atoms with Gasteiger partial charge in [-0.15, -0.1) is 0 Å². The summed E-state index contributed by atoms with van der Waals surface area (Å²) in [6.45, 7) is 7.86. The Morgan fingerprint density at radius 3 is 2.10 bits per heavy atom. The van der Waals surface area contributed by atoms with Crippen LogP contribution in [0.5, 0.6) is 0 Å². The van der Waals surface area contributed by atoms with Gasteiger partial charge >= 0.3 is 12.1 Å². The Kier molecular flexibility index (Phi) is 11.1. The predicted octanol–water partition coefficient (Wildman–Crippen LogP) is 4.30. The number of hydrogen-bond donors (Lipinski definition) is 2. The van der Waals surface area contributed by atoms with Crippen molar-refractivity contribution in [1.82, 2.24) is 10.4 Å². The maximum atomic E-state index is 13.6. The first-order valence-electron chi connectivity index (χ1n) is 10.1. The minimum Gasteiger partial charge on any atom is -0.468 e. The molecular formula is C21H35N2O6P. The van der Waals surface area contributed by atoms with Crippen LogP contribution in [0.1, 0.15) is 46.1 Å². The smallest absolute Gasteiger partial charge is 0.408 e. The van der Waals surface area contributed by atoms with Crippen molar-refractivity contribution >= 4 is 19.6 Å². The fraction of sp³-hybridized carbons (Fsp3) is 0.619. The fourth-order valence-electron chi connectivity index (χ4n) is 2.93. The summed E-state index contributed by atoms with van der Waals surface area (Å²) in [5.74, 6) is -1.14. The molecule has 1 amide bonds. The van der Waals surface area contributed by atoms with Gasteiger partial charge in [-0.25, -0.2) is 9.88 Å². The van der Waals surface area contributed by atoms with Gasteiger partial charge in [0.15, 0.2) is 0 Å². The standard InChI is InChI=1S/C21H35N2O6P/c1-15(2)12-18(20(24)27-5)23-30(26,28-6)19(13-16(3)4)22-21(25)29-14-17-10-8-7-9-11-17/h7-11,15-16,18-19H,12-14H2,1-6H3,(H,22,25)(H,23,26)/t18-,19?,30?/m1/s1. The lowest BCUT2D eigenvalue weighted by molar-refractivity contribution is -0.143. The number of esters is 1. The molecule has 0 aliphatic rings. The first kappa shape index (κ1) is 26.1. The second-order valence-corrected chi connectivity index (χ2v) is 10.4. The van der Waals surface area contributed by atoms with Crippen molar-refractivity contribution in [3.05, 3.63) is 35.9 Å². The zero-order chi connectivity index (χ0) is 22.7. The monoisotopic (exact) mass is 442 g/mol. The Morgan fingerprint density at radius 1 is 1.00 bits per heavy atom. The second kappa shape index (κ2) is 12.7. The summed E-state index contributed by atoms with van der Waals surface area (Å²) in [5.41, 5.74) is 0.837. The summed E-state index contributed by atoms with van der Waals surface area (Å²) in [6, 6.07) is 8.43. The van der Waals surface area contributed by atoms with Crippen LogP contribution >= 0.6 is 7.52 Å². The van der Waals surface area contributed by atoms with E-state index in [0.717, 1.165) is 5.56 Å². The summed E-state index contributed by atoms with van der Waals surface area (Å²) >= 11 is 0.